The third-order valence-electron chi connectivity index (χ3n) is 3.86. The highest BCUT2D eigenvalue weighted by Gasteiger charge is 2.20. The van der Waals surface area contributed by atoms with Gasteiger partial charge in [-0.15, -0.1) is 0 Å². The van der Waals surface area contributed by atoms with Gasteiger partial charge in [-0.25, -0.2) is 9.59 Å². The molecule has 0 radical (unpaired) electrons. The van der Waals surface area contributed by atoms with Crippen LogP contribution in [0.15, 0.2) is 22.6 Å². The first-order valence-electron chi connectivity index (χ1n) is 9.36. The van der Waals surface area contributed by atoms with Gasteiger partial charge in [-0.3, -0.25) is 0 Å². The smallest absolute Gasteiger partial charge is 0.341 e. The van der Waals surface area contributed by atoms with E-state index in [1.54, 1.807) is 19.1 Å². The third-order valence-corrected chi connectivity index (χ3v) is 3.86. The second-order valence-corrected chi connectivity index (χ2v) is 5.85. The van der Waals surface area contributed by atoms with Crippen molar-refractivity contribution in [3.05, 3.63) is 40.8 Å². The summed E-state index contributed by atoms with van der Waals surface area (Å²) in [6.07, 6.45) is 0. The fraction of sp³-hybridized carbons (Fsp3) is 0.429. The summed E-state index contributed by atoms with van der Waals surface area (Å²) in [6, 6.07) is 4.59. The molecule has 29 heavy (non-hydrogen) atoms. The van der Waals surface area contributed by atoms with Crippen LogP contribution in [0, 0.1) is 6.92 Å². The van der Waals surface area contributed by atoms with Crippen molar-refractivity contribution in [2.24, 2.45) is 0 Å². The first-order chi connectivity index (χ1) is 13.9. The molecule has 0 fully saturated rings. The quantitative estimate of drug-likeness (QED) is 0.548. The molecule has 0 amide bonds. The molecule has 158 valence electrons. The third kappa shape index (κ3) is 5.43. The van der Waals surface area contributed by atoms with Gasteiger partial charge in [0.15, 0.2) is 11.5 Å². The fourth-order valence-corrected chi connectivity index (χ4v) is 2.65. The van der Waals surface area contributed by atoms with Crippen LogP contribution in [-0.4, -0.2) is 38.9 Å². The zero-order valence-electron chi connectivity index (χ0n) is 17.3. The maximum absolute atomic E-state index is 12.6. The van der Waals surface area contributed by atoms with Crippen LogP contribution in [0.4, 0.5) is 0 Å². The Balaban J connectivity index is 2.22. The molecule has 1 aromatic heterocycles. The number of furan rings is 1. The number of rotatable bonds is 10. The van der Waals surface area contributed by atoms with E-state index in [0.717, 1.165) is 0 Å². The molecule has 1 aromatic carbocycles. The Morgan fingerprint density at radius 3 is 2.00 bits per heavy atom. The van der Waals surface area contributed by atoms with E-state index in [1.165, 1.54) is 13.2 Å². The predicted molar refractivity (Wildman–Crippen MR) is 104 cm³/mol. The maximum Gasteiger partial charge on any atom is 0.341 e. The van der Waals surface area contributed by atoms with Crippen LogP contribution in [-0.2, 0) is 16.1 Å². The minimum absolute atomic E-state index is 0.141. The Morgan fingerprint density at radius 1 is 0.897 bits per heavy atom. The number of carbonyl (C=O) groups excluding carboxylic acids is 2. The highest BCUT2D eigenvalue weighted by molar-refractivity contribution is 5.91. The Hall–Kier alpha value is -3.16. The van der Waals surface area contributed by atoms with E-state index >= 15 is 0 Å². The van der Waals surface area contributed by atoms with Gasteiger partial charge in [-0.2, -0.15) is 0 Å². The van der Waals surface area contributed by atoms with Gasteiger partial charge in [-0.1, -0.05) is 0 Å². The lowest BCUT2D eigenvalue weighted by Crippen LogP contribution is -2.08. The van der Waals surface area contributed by atoms with Crippen molar-refractivity contribution in [2.45, 2.75) is 34.3 Å². The second kappa shape index (κ2) is 10.4. The molecule has 2 aromatic rings. The molecule has 2 rings (SSSR count). The van der Waals surface area contributed by atoms with Crippen LogP contribution in [0.5, 0.6) is 17.2 Å². The lowest BCUT2D eigenvalue weighted by molar-refractivity contribution is 0.0442. The van der Waals surface area contributed by atoms with E-state index in [2.05, 4.69) is 4.74 Å². The standard InChI is InChI=1S/C21H26O8/c1-6-25-17-9-14(10-18(26-7-2)19(17)27-8-3)20(22)28-12-15-11-16(13(4)29-15)21(23)24-5/h9-11H,6-8,12H2,1-5H3. The largest absolute Gasteiger partial charge is 0.490 e. The summed E-state index contributed by atoms with van der Waals surface area (Å²) in [5.41, 5.74) is 0.536. The van der Waals surface area contributed by atoms with Crippen molar-refractivity contribution in [1.29, 1.82) is 0 Å². The number of carbonyl (C=O) groups is 2. The van der Waals surface area contributed by atoms with Crippen molar-refractivity contribution in [3.8, 4) is 17.2 Å². The molecule has 0 saturated heterocycles. The van der Waals surface area contributed by atoms with E-state index in [4.69, 9.17) is 23.4 Å². The van der Waals surface area contributed by atoms with Crippen molar-refractivity contribution in [3.63, 3.8) is 0 Å². The van der Waals surface area contributed by atoms with E-state index in [1.807, 2.05) is 20.8 Å². The highest BCUT2D eigenvalue weighted by Crippen LogP contribution is 2.39. The lowest BCUT2D eigenvalue weighted by Gasteiger charge is -2.16. The molecule has 8 heteroatoms. The van der Waals surface area contributed by atoms with Crippen molar-refractivity contribution < 1.29 is 37.7 Å². The van der Waals surface area contributed by atoms with Crippen LogP contribution in [0.2, 0.25) is 0 Å². The zero-order chi connectivity index (χ0) is 21.4. The van der Waals surface area contributed by atoms with Crippen LogP contribution < -0.4 is 14.2 Å². The minimum atomic E-state index is -0.594. The van der Waals surface area contributed by atoms with Gasteiger partial charge in [-0.05, 0) is 45.9 Å². The van der Waals surface area contributed by atoms with Gasteiger partial charge in [0.1, 0.15) is 23.7 Å². The molecule has 0 aliphatic heterocycles. The van der Waals surface area contributed by atoms with E-state index < -0.39 is 11.9 Å². The molecular formula is C21H26O8. The molecule has 0 bridgehead atoms. The molecule has 0 spiro atoms. The molecular weight excluding hydrogens is 380 g/mol. The average molecular weight is 406 g/mol. The van der Waals surface area contributed by atoms with Crippen molar-refractivity contribution in [1.82, 2.24) is 0 Å². The summed E-state index contributed by atoms with van der Waals surface area (Å²) in [7, 11) is 1.28. The molecule has 1 heterocycles. The van der Waals surface area contributed by atoms with Crippen LogP contribution in [0.1, 0.15) is 53.0 Å². The summed E-state index contributed by atoms with van der Waals surface area (Å²) >= 11 is 0. The van der Waals surface area contributed by atoms with Crippen molar-refractivity contribution >= 4 is 11.9 Å². The van der Waals surface area contributed by atoms with Gasteiger partial charge >= 0.3 is 11.9 Å². The Kier molecular flexibility index (Phi) is 7.94. The Labute approximate surface area is 169 Å². The lowest BCUT2D eigenvalue weighted by atomic mass is 10.2. The van der Waals surface area contributed by atoms with Crippen LogP contribution >= 0.6 is 0 Å². The molecule has 0 atom stereocenters. The summed E-state index contributed by atoms with van der Waals surface area (Å²) in [6.45, 7) is 8.22. The molecule has 8 nitrogen and oxygen atoms in total. The average Bonchev–Trinajstić information content (AvgIpc) is 3.08. The zero-order valence-corrected chi connectivity index (χ0v) is 17.3. The molecule has 0 aliphatic rings. The van der Waals surface area contributed by atoms with E-state index in [-0.39, 0.29) is 17.7 Å². The monoisotopic (exact) mass is 406 g/mol. The van der Waals surface area contributed by atoms with Crippen molar-refractivity contribution in [2.75, 3.05) is 26.9 Å². The van der Waals surface area contributed by atoms with Crippen LogP contribution in [0.25, 0.3) is 0 Å². The molecule has 0 saturated carbocycles. The molecule has 0 unspecified atom stereocenters. The van der Waals surface area contributed by atoms with Gasteiger partial charge < -0.3 is 28.1 Å². The number of esters is 2. The van der Waals surface area contributed by atoms with Gasteiger partial charge in [0.2, 0.25) is 5.75 Å². The highest BCUT2D eigenvalue weighted by atomic mass is 16.6. The SMILES string of the molecule is CCOc1cc(C(=O)OCc2cc(C(=O)OC)c(C)o2)cc(OCC)c1OCC. The number of aryl methyl sites for hydroxylation is 1. The fourth-order valence-electron chi connectivity index (χ4n) is 2.65. The van der Waals surface area contributed by atoms with Gasteiger partial charge in [0.05, 0.1) is 32.5 Å². The first kappa shape index (κ1) is 22.1. The first-order valence-corrected chi connectivity index (χ1v) is 9.36. The number of methoxy groups -OCH3 is 1. The normalized spacial score (nSPS) is 10.4. The van der Waals surface area contributed by atoms with E-state index in [0.29, 0.717) is 48.6 Å². The summed E-state index contributed by atoms with van der Waals surface area (Å²) < 4.78 is 32.3. The number of hydrogen-bond donors (Lipinski definition) is 0. The Morgan fingerprint density at radius 2 is 1.48 bits per heavy atom. The predicted octanol–water partition coefficient (Wildman–Crippen LogP) is 3.93. The van der Waals surface area contributed by atoms with Gasteiger partial charge in [0, 0.05) is 0 Å². The minimum Gasteiger partial charge on any atom is -0.490 e. The topological polar surface area (TPSA) is 93.4 Å². The molecule has 0 aliphatic carbocycles. The molecule has 0 N–H and O–H groups in total. The summed E-state index contributed by atoms with van der Waals surface area (Å²) in [5, 5.41) is 0. The summed E-state index contributed by atoms with van der Waals surface area (Å²) in [5.74, 6) is 0.848. The summed E-state index contributed by atoms with van der Waals surface area (Å²) in [4.78, 5) is 24.2. The number of hydrogen-bond acceptors (Lipinski definition) is 8. The number of ether oxygens (including phenoxy) is 5. The van der Waals surface area contributed by atoms with Crippen LogP contribution in [0.3, 0.4) is 0 Å². The second-order valence-electron chi connectivity index (χ2n) is 5.85. The Bertz CT molecular complexity index is 825. The number of benzene rings is 1. The van der Waals surface area contributed by atoms with Gasteiger partial charge in [0.25, 0.3) is 0 Å². The maximum atomic E-state index is 12.6. The van der Waals surface area contributed by atoms with E-state index in [9.17, 15) is 9.59 Å².